The molecule has 0 unspecified atom stereocenters. The summed E-state index contributed by atoms with van der Waals surface area (Å²) in [5.74, 6) is -0.375. The Kier molecular flexibility index (Phi) is 1.38. The molecule has 0 aromatic carbocycles. The lowest BCUT2D eigenvalue weighted by Gasteiger charge is -2.17. The van der Waals surface area contributed by atoms with Crippen LogP contribution in [0.5, 0.6) is 0 Å². The van der Waals surface area contributed by atoms with E-state index >= 15 is 0 Å². The van der Waals surface area contributed by atoms with Crippen molar-refractivity contribution in [3.05, 3.63) is 6.92 Å². The molecule has 0 N–H and O–H groups in total. The summed E-state index contributed by atoms with van der Waals surface area (Å²) in [6.07, 6.45) is 0.421. The molecule has 0 amide bonds. The van der Waals surface area contributed by atoms with E-state index in [-0.39, 0.29) is 16.1 Å². The topological polar surface area (TPSA) is 34.1 Å². The molecule has 0 aromatic rings. The van der Waals surface area contributed by atoms with Crippen LogP contribution >= 0.6 is 11.8 Å². The second kappa shape index (κ2) is 1.90. The van der Waals surface area contributed by atoms with Crippen molar-refractivity contribution >= 4 is 22.0 Å². The molecule has 0 spiro atoms. The van der Waals surface area contributed by atoms with Gasteiger partial charge in [0.2, 0.25) is 10.2 Å². The number of carbonyl (C=O) groups is 2. The third kappa shape index (κ3) is 0.668. The van der Waals surface area contributed by atoms with Crippen LogP contribution in [0.2, 0.25) is 0 Å². The van der Waals surface area contributed by atoms with Crippen molar-refractivity contribution < 1.29 is 9.59 Å². The van der Waals surface area contributed by atoms with Gasteiger partial charge in [-0.05, 0) is 18.2 Å². The first-order chi connectivity index (χ1) is 3.75. The minimum Gasteiger partial charge on any atom is -0.286 e. The molecule has 3 heteroatoms. The number of thioether (sulfide) groups is 1. The Morgan fingerprint density at radius 3 is 2.12 bits per heavy atom. The predicted octanol–water partition coefficient (Wildman–Crippen LogP) is 0.627. The van der Waals surface area contributed by atoms with Crippen LogP contribution in [0.4, 0.5) is 0 Å². The molecule has 0 bridgehead atoms. The van der Waals surface area contributed by atoms with Gasteiger partial charge >= 0.3 is 0 Å². The van der Waals surface area contributed by atoms with Gasteiger partial charge in [0.05, 0.1) is 5.92 Å². The van der Waals surface area contributed by atoms with E-state index in [1.165, 1.54) is 0 Å². The van der Waals surface area contributed by atoms with Crippen molar-refractivity contribution in [3.63, 3.8) is 0 Å². The van der Waals surface area contributed by atoms with Crippen LogP contribution in [-0.4, -0.2) is 10.2 Å². The Morgan fingerprint density at radius 1 is 1.50 bits per heavy atom. The molecule has 1 aliphatic rings. The summed E-state index contributed by atoms with van der Waals surface area (Å²) in [6.45, 7) is 3.45. The van der Waals surface area contributed by atoms with Gasteiger partial charge < -0.3 is 0 Å². The fourth-order valence-electron chi connectivity index (χ4n) is 0.515. The molecule has 43 valence electrons. The Bertz CT molecular complexity index is 127. The lowest BCUT2D eigenvalue weighted by Crippen LogP contribution is -2.30. The molecule has 1 radical (unpaired) electrons. The summed E-state index contributed by atoms with van der Waals surface area (Å²) in [4.78, 5) is 20.7. The van der Waals surface area contributed by atoms with E-state index in [1.807, 2.05) is 0 Å². The average molecular weight is 129 g/mol. The van der Waals surface area contributed by atoms with Gasteiger partial charge in [0.25, 0.3) is 0 Å². The first-order valence-electron chi connectivity index (χ1n) is 2.30. The van der Waals surface area contributed by atoms with Crippen LogP contribution in [0.3, 0.4) is 0 Å². The summed E-state index contributed by atoms with van der Waals surface area (Å²) in [7, 11) is 0. The van der Waals surface area contributed by atoms with Gasteiger partial charge in [-0.1, -0.05) is 6.92 Å². The number of carbonyl (C=O) groups excluding carboxylic acids is 2. The molecule has 1 heterocycles. The number of rotatable bonds is 1. The molecule has 0 aliphatic carbocycles. The Balaban J connectivity index is 2.52. The highest BCUT2D eigenvalue weighted by Gasteiger charge is 2.37. The SMILES string of the molecule is [CH2]CC1C(=O)SC1=O. The summed E-state index contributed by atoms with van der Waals surface area (Å²) < 4.78 is 0. The van der Waals surface area contributed by atoms with Gasteiger partial charge in [-0.25, -0.2) is 0 Å². The van der Waals surface area contributed by atoms with E-state index in [2.05, 4.69) is 6.92 Å². The molecule has 0 atom stereocenters. The Hall–Kier alpha value is -0.310. The van der Waals surface area contributed by atoms with Crippen LogP contribution in [0.1, 0.15) is 6.42 Å². The lowest BCUT2D eigenvalue weighted by atomic mass is 10.1. The largest absolute Gasteiger partial charge is 0.286 e. The van der Waals surface area contributed by atoms with E-state index < -0.39 is 0 Å². The molecule has 1 rings (SSSR count). The molecule has 2 nitrogen and oxygen atoms in total. The van der Waals surface area contributed by atoms with Crippen LogP contribution in [0.25, 0.3) is 0 Å². The molecule has 8 heavy (non-hydrogen) atoms. The van der Waals surface area contributed by atoms with E-state index in [9.17, 15) is 9.59 Å². The van der Waals surface area contributed by atoms with Crippen molar-refractivity contribution in [2.24, 2.45) is 5.92 Å². The van der Waals surface area contributed by atoms with Crippen LogP contribution in [0.15, 0.2) is 0 Å². The van der Waals surface area contributed by atoms with Gasteiger partial charge in [0.1, 0.15) is 0 Å². The third-order valence-electron chi connectivity index (χ3n) is 1.06. The van der Waals surface area contributed by atoms with E-state index in [0.717, 1.165) is 11.8 Å². The minimum atomic E-state index is -0.375. The molecule has 1 saturated heterocycles. The monoisotopic (exact) mass is 129 g/mol. The highest BCUT2D eigenvalue weighted by atomic mass is 32.2. The first-order valence-corrected chi connectivity index (χ1v) is 3.12. The molecule has 1 aliphatic heterocycles. The molecule has 0 saturated carbocycles. The predicted molar refractivity (Wildman–Crippen MR) is 31.1 cm³/mol. The fourth-order valence-corrected chi connectivity index (χ4v) is 1.26. The smallest absolute Gasteiger partial charge is 0.207 e. The maximum Gasteiger partial charge on any atom is 0.207 e. The van der Waals surface area contributed by atoms with Gasteiger partial charge in [0, 0.05) is 0 Å². The van der Waals surface area contributed by atoms with Crippen molar-refractivity contribution in [1.29, 1.82) is 0 Å². The lowest BCUT2D eigenvalue weighted by molar-refractivity contribution is -0.126. The Morgan fingerprint density at radius 2 is 2.00 bits per heavy atom. The third-order valence-corrected chi connectivity index (χ3v) is 2.03. The second-order valence-corrected chi connectivity index (χ2v) is 2.59. The van der Waals surface area contributed by atoms with E-state index in [4.69, 9.17) is 0 Å². The van der Waals surface area contributed by atoms with Crippen molar-refractivity contribution in [2.75, 3.05) is 0 Å². The average Bonchev–Trinajstić information content (AvgIpc) is 1.67. The van der Waals surface area contributed by atoms with E-state index in [1.54, 1.807) is 0 Å². The second-order valence-electron chi connectivity index (χ2n) is 1.58. The molecule has 0 aromatic heterocycles. The Labute approximate surface area is 51.6 Å². The van der Waals surface area contributed by atoms with Crippen molar-refractivity contribution in [1.82, 2.24) is 0 Å². The van der Waals surface area contributed by atoms with Crippen LogP contribution in [-0.2, 0) is 9.59 Å². The minimum absolute atomic E-state index is 0.0231. The first kappa shape index (κ1) is 5.82. The van der Waals surface area contributed by atoms with Crippen molar-refractivity contribution in [3.8, 4) is 0 Å². The zero-order valence-electron chi connectivity index (χ0n) is 4.22. The molecular formula is C5H5O2S. The number of hydrogen-bond acceptors (Lipinski definition) is 3. The number of hydrogen-bond donors (Lipinski definition) is 0. The van der Waals surface area contributed by atoms with Gasteiger partial charge in [0.15, 0.2) is 0 Å². The van der Waals surface area contributed by atoms with Crippen LogP contribution < -0.4 is 0 Å². The zero-order chi connectivity index (χ0) is 6.15. The summed E-state index contributed by atoms with van der Waals surface area (Å²) in [6, 6.07) is 0. The highest BCUT2D eigenvalue weighted by Crippen LogP contribution is 2.30. The van der Waals surface area contributed by atoms with E-state index in [0.29, 0.717) is 6.42 Å². The summed E-state index contributed by atoms with van der Waals surface area (Å²) in [5.41, 5.74) is 0. The highest BCUT2D eigenvalue weighted by molar-refractivity contribution is 8.29. The maximum absolute atomic E-state index is 10.4. The molecular weight excluding hydrogens is 124 g/mol. The maximum atomic E-state index is 10.4. The van der Waals surface area contributed by atoms with Crippen molar-refractivity contribution in [2.45, 2.75) is 6.42 Å². The summed E-state index contributed by atoms with van der Waals surface area (Å²) in [5, 5.41) is -0.0463. The van der Waals surface area contributed by atoms with Gasteiger partial charge in [-0.15, -0.1) is 0 Å². The zero-order valence-corrected chi connectivity index (χ0v) is 5.03. The fraction of sp³-hybridized carbons (Fsp3) is 0.400. The normalized spacial score (nSPS) is 21.1. The standard InChI is InChI=1S/C5H5O2S/c1-2-3-4(6)8-5(3)7/h3H,1-2H2. The molecule has 1 fully saturated rings. The quantitative estimate of drug-likeness (QED) is 0.487. The summed E-state index contributed by atoms with van der Waals surface area (Å²) >= 11 is 0.798. The van der Waals surface area contributed by atoms with Crippen LogP contribution in [0, 0.1) is 12.8 Å². The van der Waals surface area contributed by atoms with Gasteiger partial charge in [-0.3, -0.25) is 9.59 Å². The van der Waals surface area contributed by atoms with Gasteiger partial charge in [-0.2, -0.15) is 0 Å².